The minimum atomic E-state index is -0.0619. The third-order valence-corrected chi connectivity index (χ3v) is 4.61. The van der Waals surface area contributed by atoms with Gasteiger partial charge in [0.15, 0.2) is 0 Å². The van der Waals surface area contributed by atoms with Crippen molar-refractivity contribution in [3.8, 4) is 0 Å². The lowest BCUT2D eigenvalue weighted by Gasteiger charge is -2.31. The lowest BCUT2D eigenvalue weighted by Crippen LogP contribution is -2.52. The Kier molecular flexibility index (Phi) is 4.59. The van der Waals surface area contributed by atoms with Crippen LogP contribution in [0.3, 0.4) is 0 Å². The number of rotatable bonds is 2. The molecule has 0 saturated carbocycles. The fraction of sp³-hybridized carbons (Fsp3) is 0.250. The number of anilines is 1. The van der Waals surface area contributed by atoms with Crippen LogP contribution in [0.5, 0.6) is 0 Å². The fourth-order valence-electron chi connectivity index (χ4n) is 2.63. The number of carbonyl (C=O) groups excluding carboxylic acids is 1. The number of nitrogens with zero attached hydrogens (tertiary/aromatic N) is 3. The van der Waals surface area contributed by atoms with Gasteiger partial charge in [0.25, 0.3) is 5.91 Å². The van der Waals surface area contributed by atoms with Crippen molar-refractivity contribution in [2.24, 2.45) is 0 Å². The van der Waals surface area contributed by atoms with Crippen LogP contribution >= 0.6 is 23.2 Å². The maximum atomic E-state index is 12.5. The highest BCUT2D eigenvalue weighted by Gasteiger charge is 2.28. The van der Waals surface area contributed by atoms with Crippen molar-refractivity contribution >= 4 is 34.9 Å². The van der Waals surface area contributed by atoms with Crippen LogP contribution in [0.15, 0.2) is 42.6 Å². The maximum absolute atomic E-state index is 12.5. The molecule has 2 aromatic rings. The van der Waals surface area contributed by atoms with Crippen molar-refractivity contribution in [3.05, 3.63) is 58.2 Å². The number of piperazine rings is 1. The van der Waals surface area contributed by atoms with E-state index in [-0.39, 0.29) is 5.91 Å². The third-order valence-electron chi connectivity index (χ3n) is 3.88. The molecule has 120 valence electrons. The Labute approximate surface area is 144 Å². The Morgan fingerprint density at radius 1 is 1.04 bits per heavy atom. The van der Waals surface area contributed by atoms with Gasteiger partial charge in [-0.1, -0.05) is 34.0 Å². The van der Waals surface area contributed by atoms with Gasteiger partial charge in [-0.2, -0.15) is 0 Å². The van der Waals surface area contributed by atoms with E-state index in [4.69, 9.17) is 23.2 Å². The second-order valence-electron chi connectivity index (χ2n) is 5.31. The van der Waals surface area contributed by atoms with Crippen molar-refractivity contribution in [3.63, 3.8) is 0 Å². The van der Waals surface area contributed by atoms with Gasteiger partial charge in [-0.25, -0.2) is 0 Å². The monoisotopic (exact) mass is 352 g/mol. The van der Waals surface area contributed by atoms with E-state index in [9.17, 15) is 10.0 Å². The first-order valence-corrected chi connectivity index (χ1v) is 8.01. The predicted molar refractivity (Wildman–Crippen MR) is 88.4 cm³/mol. The number of carbonyl (C=O) groups is 1. The number of aromatic nitrogens is 1. The number of pyridine rings is 1. The molecule has 1 aliphatic rings. The average molecular weight is 353 g/mol. The smallest absolute Gasteiger partial charge is 0.316 e. The van der Waals surface area contributed by atoms with Gasteiger partial charge in [0.1, 0.15) is 19.3 Å². The second kappa shape index (κ2) is 6.64. The molecule has 1 aromatic carbocycles. The fourth-order valence-corrected chi connectivity index (χ4v) is 2.92. The Morgan fingerprint density at radius 3 is 2.43 bits per heavy atom. The summed E-state index contributed by atoms with van der Waals surface area (Å²) in [7, 11) is 0. The molecule has 1 fully saturated rings. The van der Waals surface area contributed by atoms with Crippen LogP contribution in [0.2, 0.25) is 10.0 Å². The first-order chi connectivity index (χ1) is 11.1. The van der Waals surface area contributed by atoms with Crippen LogP contribution in [0, 0.1) is 0 Å². The van der Waals surface area contributed by atoms with E-state index in [0.29, 0.717) is 47.6 Å². The number of hydrogen-bond donors (Lipinski definition) is 1. The van der Waals surface area contributed by atoms with Crippen molar-refractivity contribution in [2.45, 2.75) is 0 Å². The Hall–Kier alpha value is -1.98. The largest absolute Gasteiger partial charge is 0.350 e. The van der Waals surface area contributed by atoms with E-state index < -0.39 is 0 Å². The molecule has 23 heavy (non-hydrogen) atoms. The summed E-state index contributed by atoms with van der Waals surface area (Å²) in [4.78, 5) is 16.3. The van der Waals surface area contributed by atoms with Gasteiger partial charge in [-0.3, -0.25) is 9.69 Å². The van der Waals surface area contributed by atoms with Crippen molar-refractivity contribution < 1.29 is 14.7 Å². The standard InChI is InChI=1S/C16H16Cl2N3O2/c17-13-5-4-12(11-14(13)18)16(22)20-9-7-19(8-10-20)15-3-1-2-6-21(15)23/h1-6,11,23H,7-10H2/q+1. The molecule has 1 saturated heterocycles. The summed E-state index contributed by atoms with van der Waals surface area (Å²) in [5.41, 5.74) is 0.532. The van der Waals surface area contributed by atoms with Gasteiger partial charge in [-0.15, -0.1) is 0 Å². The van der Waals surface area contributed by atoms with Gasteiger partial charge in [0.2, 0.25) is 0 Å². The molecule has 1 aliphatic heterocycles. The van der Waals surface area contributed by atoms with E-state index in [0.717, 1.165) is 4.73 Å². The maximum Gasteiger partial charge on any atom is 0.316 e. The van der Waals surface area contributed by atoms with Crippen LogP contribution in [0.1, 0.15) is 10.4 Å². The average Bonchev–Trinajstić information content (AvgIpc) is 2.57. The molecule has 1 aromatic heterocycles. The zero-order valence-corrected chi connectivity index (χ0v) is 13.8. The van der Waals surface area contributed by atoms with Gasteiger partial charge in [0, 0.05) is 11.6 Å². The minimum Gasteiger partial charge on any atom is -0.350 e. The molecule has 5 nitrogen and oxygen atoms in total. The molecule has 0 unspecified atom stereocenters. The molecule has 0 aliphatic carbocycles. The molecule has 0 spiro atoms. The molecule has 2 heterocycles. The van der Waals surface area contributed by atoms with Crippen LogP contribution in [-0.4, -0.2) is 42.2 Å². The Morgan fingerprint density at radius 2 is 1.78 bits per heavy atom. The van der Waals surface area contributed by atoms with E-state index in [1.165, 1.54) is 0 Å². The molecule has 1 N–H and O–H groups in total. The topological polar surface area (TPSA) is 47.7 Å². The van der Waals surface area contributed by atoms with Crippen LogP contribution < -0.4 is 9.63 Å². The first-order valence-electron chi connectivity index (χ1n) is 7.25. The zero-order valence-electron chi connectivity index (χ0n) is 12.3. The number of benzene rings is 1. The summed E-state index contributed by atoms with van der Waals surface area (Å²) < 4.78 is 1.09. The SMILES string of the molecule is O=C(c1ccc(Cl)c(Cl)c1)N1CCN(c2cccc[n+]2O)CC1. The predicted octanol–water partition coefficient (Wildman–Crippen LogP) is 2.48. The Bertz CT molecular complexity index is 731. The lowest BCUT2D eigenvalue weighted by atomic mass is 10.2. The van der Waals surface area contributed by atoms with Crippen molar-refractivity contribution in [1.82, 2.24) is 4.90 Å². The van der Waals surface area contributed by atoms with Crippen LogP contribution in [0.25, 0.3) is 0 Å². The normalized spacial score (nSPS) is 14.9. The Balaban J connectivity index is 1.68. The van der Waals surface area contributed by atoms with E-state index in [1.807, 2.05) is 17.0 Å². The van der Waals surface area contributed by atoms with Crippen LogP contribution in [-0.2, 0) is 0 Å². The van der Waals surface area contributed by atoms with Gasteiger partial charge in [0.05, 0.1) is 23.1 Å². The highest BCUT2D eigenvalue weighted by Crippen LogP contribution is 2.23. The third kappa shape index (κ3) is 3.35. The molecule has 1 amide bonds. The molecular formula is C16H16Cl2N3O2+. The summed E-state index contributed by atoms with van der Waals surface area (Å²) >= 11 is 11.9. The summed E-state index contributed by atoms with van der Waals surface area (Å²) in [6.07, 6.45) is 1.59. The summed E-state index contributed by atoms with van der Waals surface area (Å²) in [6, 6.07) is 10.4. The van der Waals surface area contributed by atoms with E-state index >= 15 is 0 Å². The summed E-state index contributed by atoms with van der Waals surface area (Å²) in [5, 5.41) is 10.7. The second-order valence-corrected chi connectivity index (χ2v) is 6.13. The van der Waals surface area contributed by atoms with Gasteiger partial charge < -0.3 is 10.1 Å². The molecule has 0 bridgehead atoms. The minimum absolute atomic E-state index is 0.0619. The number of hydrogen-bond acceptors (Lipinski definition) is 3. The molecular weight excluding hydrogens is 337 g/mol. The van der Waals surface area contributed by atoms with Gasteiger partial charge in [-0.05, 0) is 24.3 Å². The molecule has 0 radical (unpaired) electrons. The molecule has 7 heteroatoms. The van der Waals surface area contributed by atoms with E-state index in [2.05, 4.69) is 0 Å². The van der Waals surface area contributed by atoms with Crippen molar-refractivity contribution in [1.29, 1.82) is 0 Å². The molecule has 3 rings (SSSR count). The highest BCUT2D eigenvalue weighted by atomic mass is 35.5. The molecule has 0 atom stereocenters. The van der Waals surface area contributed by atoms with Gasteiger partial charge >= 0.3 is 5.82 Å². The highest BCUT2D eigenvalue weighted by molar-refractivity contribution is 6.42. The van der Waals surface area contributed by atoms with Crippen molar-refractivity contribution in [2.75, 3.05) is 31.1 Å². The summed E-state index contributed by atoms with van der Waals surface area (Å²) in [6.45, 7) is 2.46. The van der Waals surface area contributed by atoms with E-state index in [1.54, 1.807) is 35.4 Å². The number of amides is 1. The quantitative estimate of drug-likeness (QED) is 0.667. The van der Waals surface area contributed by atoms with Crippen LogP contribution in [0.4, 0.5) is 5.82 Å². The number of halogens is 2. The zero-order chi connectivity index (χ0) is 16.4. The summed E-state index contributed by atoms with van der Waals surface area (Å²) in [5.74, 6) is 0.655. The first kappa shape index (κ1) is 15.9. The lowest BCUT2D eigenvalue weighted by molar-refractivity contribution is -0.894.